The molecule has 5 heteroatoms. The first kappa shape index (κ1) is 8.58. The van der Waals surface area contributed by atoms with Crippen LogP contribution >= 0.6 is 0 Å². The van der Waals surface area contributed by atoms with Crippen molar-refractivity contribution in [1.29, 1.82) is 0 Å². The maximum absolute atomic E-state index is 10.6. The minimum absolute atomic E-state index is 0.202. The molecule has 1 heterocycles. The number of esters is 1. The van der Waals surface area contributed by atoms with Gasteiger partial charge in [0.1, 0.15) is 6.61 Å². The van der Waals surface area contributed by atoms with Gasteiger partial charge in [-0.15, -0.1) is 0 Å². The average molecular weight is 172 g/mol. The average Bonchev–Trinajstić information content (AvgIpc) is 2.04. The smallest absolute Gasteiger partial charge is 0.434 e. The van der Waals surface area contributed by atoms with Crippen molar-refractivity contribution in [3.63, 3.8) is 0 Å². The van der Waals surface area contributed by atoms with Gasteiger partial charge in [-0.25, -0.2) is 9.59 Å². The Balaban J connectivity index is 2.36. The van der Waals surface area contributed by atoms with Crippen molar-refractivity contribution in [1.82, 2.24) is 0 Å². The van der Waals surface area contributed by atoms with Crippen LogP contribution in [0.3, 0.4) is 0 Å². The minimum atomic E-state index is -0.836. The van der Waals surface area contributed by atoms with Crippen LogP contribution < -0.4 is 0 Å². The Morgan fingerprint density at radius 3 is 3.08 bits per heavy atom. The molecule has 1 aliphatic rings. The van der Waals surface area contributed by atoms with E-state index < -0.39 is 18.4 Å². The highest BCUT2D eigenvalue weighted by Gasteiger charge is 2.23. The first-order chi connectivity index (χ1) is 5.72. The first-order valence-corrected chi connectivity index (χ1v) is 3.39. The Morgan fingerprint density at radius 2 is 2.50 bits per heavy atom. The van der Waals surface area contributed by atoms with Crippen LogP contribution in [-0.4, -0.2) is 25.0 Å². The van der Waals surface area contributed by atoms with E-state index in [2.05, 4.69) is 20.8 Å². The Bertz CT molecular complexity index is 210. The molecule has 1 unspecified atom stereocenters. The van der Waals surface area contributed by atoms with Crippen molar-refractivity contribution in [2.24, 2.45) is 0 Å². The minimum Gasteiger partial charge on any atom is -0.434 e. The third-order valence-electron chi connectivity index (χ3n) is 1.22. The molecule has 5 nitrogen and oxygen atoms in total. The monoisotopic (exact) mass is 172 g/mol. The highest BCUT2D eigenvalue weighted by Crippen LogP contribution is 2.09. The lowest BCUT2D eigenvalue weighted by molar-refractivity contribution is -0.176. The molecule has 0 N–H and O–H groups in total. The summed E-state index contributed by atoms with van der Waals surface area (Å²) in [5, 5.41) is 0. The second kappa shape index (κ2) is 3.75. The van der Waals surface area contributed by atoms with Gasteiger partial charge in [0.2, 0.25) is 0 Å². The van der Waals surface area contributed by atoms with E-state index >= 15 is 0 Å². The molecule has 0 aromatic carbocycles. The van der Waals surface area contributed by atoms with Gasteiger partial charge in [0.15, 0.2) is 0 Å². The Kier molecular flexibility index (Phi) is 2.68. The highest BCUT2D eigenvalue weighted by atomic mass is 16.8. The molecule has 1 aliphatic heterocycles. The lowest BCUT2D eigenvalue weighted by Gasteiger charge is -2.20. The van der Waals surface area contributed by atoms with Crippen molar-refractivity contribution in [3.05, 3.63) is 12.7 Å². The number of hydrogen-bond acceptors (Lipinski definition) is 5. The maximum atomic E-state index is 10.6. The van der Waals surface area contributed by atoms with Crippen LogP contribution in [0.15, 0.2) is 12.7 Å². The second-order valence-corrected chi connectivity index (χ2v) is 2.08. The molecule has 0 aromatic rings. The molecule has 12 heavy (non-hydrogen) atoms. The second-order valence-electron chi connectivity index (χ2n) is 2.08. The van der Waals surface area contributed by atoms with Crippen LogP contribution in [0.1, 0.15) is 6.42 Å². The summed E-state index contributed by atoms with van der Waals surface area (Å²) >= 11 is 0. The van der Waals surface area contributed by atoms with Crippen LogP contribution in [-0.2, 0) is 19.0 Å². The lowest BCUT2D eigenvalue weighted by Crippen LogP contribution is -2.30. The van der Waals surface area contributed by atoms with Gasteiger partial charge in [0.05, 0.1) is 6.42 Å². The largest absolute Gasteiger partial charge is 0.511 e. The molecule has 1 fully saturated rings. The zero-order valence-electron chi connectivity index (χ0n) is 6.32. The molecule has 0 spiro atoms. The summed E-state index contributed by atoms with van der Waals surface area (Å²) in [6.45, 7) is 3.40. The van der Waals surface area contributed by atoms with Crippen molar-refractivity contribution < 1.29 is 23.8 Å². The third-order valence-corrected chi connectivity index (χ3v) is 1.22. The van der Waals surface area contributed by atoms with Crippen LogP contribution in [0.4, 0.5) is 4.79 Å². The number of rotatable bonds is 2. The Hall–Kier alpha value is -1.52. The number of hydrogen-bond donors (Lipinski definition) is 0. The molecular formula is C7H8O5. The predicted octanol–water partition coefficient (Wildman–Crippen LogP) is 0.599. The van der Waals surface area contributed by atoms with E-state index in [1.165, 1.54) is 0 Å². The fourth-order valence-corrected chi connectivity index (χ4v) is 0.699. The number of carbonyl (C=O) groups is 2. The van der Waals surface area contributed by atoms with Gasteiger partial charge in [-0.05, 0) is 0 Å². The summed E-state index contributed by atoms with van der Waals surface area (Å²) in [5.41, 5.74) is 0. The number of carbonyl (C=O) groups excluding carboxylic acids is 2. The van der Waals surface area contributed by atoms with Crippen molar-refractivity contribution in [2.75, 3.05) is 6.61 Å². The van der Waals surface area contributed by atoms with Gasteiger partial charge in [0, 0.05) is 6.08 Å². The summed E-state index contributed by atoms with van der Waals surface area (Å²) in [6.07, 6.45) is -0.297. The molecule has 1 rings (SSSR count). The fourth-order valence-electron chi connectivity index (χ4n) is 0.699. The van der Waals surface area contributed by atoms with Crippen molar-refractivity contribution in [2.45, 2.75) is 12.7 Å². The zero-order chi connectivity index (χ0) is 8.97. The molecule has 66 valence electrons. The van der Waals surface area contributed by atoms with Gasteiger partial charge < -0.3 is 14.2 Å². The Morgan fingerprint density at radius 1 is 1.75 bits per heavy atom. The topological polar surface area (TPSA) is 61.8 Å². The van der Waals surface area contributed by atoms with Crippen LogP contribution in [0.5, 0.6) is 0 Å². The van der Waals surface area contributed by atoms with Gasteiger partial charge in [-0.1, -0.05) is 6.58 Å². The van der Waals surface area contributed by atoms with E-state index in [-0.39, 0.29) is 6.61 Å². The van der Waals surface area contributed by atoms with Gasteiger partial charge in [-0.2, -0.15) is 0 Å². The highest BCUT2D eigenvalue weighted by molar-refractivity contribution is 5.81. The Labute approximate surface area is 68.9 Å². The summed E-state index contributed by atoms with van der Waals surface area (Å²) in [4.78, 5) is 21.1. The number of ether oxygens (including phenoxy) is 3. The molecule has 0 aliphatic carbocycles. The van der Waals surface area contributed by atoms with E-state index in [1.54, 1.807) is 0 Å². The lowest BCUT2D eigenvalue weighted by atomic mass is 10.4. The van der Waals surface area contributed by atoms with Crippen molar-refractivity contribution in [3.8, 4) is 0 Å². The molecule has 0 radical (unpaired) electrons. The van der Waals surface area contributed by atoms with Crippen LogP contribution in [0.25, 0.3) is 0 Å². The SMILES string of the molecule is C=CC(=O)OC1CCOC(=O)O1. The molecule has 0 saturated carbocycles. The number of cyclic esters (lactones) is 2. The summed E-state index contributed by atoms with van der Waals surface area (Å²) < 4.78 is 13.6. The van der Waals surface area contributed by atoms with Gasteiger partial charge >= 0.3 is 12.1 Å². The van der Waals surface area contributed by atoms with Crippen LogP contribution in [0, 0.1) is 0 Å². The normalized spacial score (nSPS) is 22.0. The molecule has 0 bridgehead atoms. The van der Waals surface area contributed by atoms with E-state index in [4.69, 9.17) is 0 Å². The molecule has 1 atom stereocenters. The summed E-state index contributed by atoms with van der Waals surface area (Å²) in [5.74, 6) is -0.616. The first-order valence-electron chi connectivity index (χ1n) is 3.39. The molecular weight excluding hydrogens is 164 g/mol. The van der Waals surface area contributed by atoms with E-state index in [0.29, 0.717) is 6.42 Å². The van der Waals surface area contributed by atoms with E-state index in [0.717, 1.165) is 6.08 Å². The van der Waals surface area contributed by atoms with Crippen molar-refractivity contribution >= 4 is 12.1 Å². The molecule has 1 saturated heterocycles. The standard InChI is InChI=1S/C7H8O5/c1-2-5(8)11-6-3-4-10-7(9)12-6/h2,6H,1,3-4H2. The maximum Gasteiger partial charge on any atom is 0.511 e. The van der Waals surface area contributed by atoms with Crippen LogP contribution in [0.2, 0.25) is 0 Å². The molecule has 0 aromatic heterocycles. The molecule has 0 amide bonds. The predicted molar refractivity (Wildman–Crippen MR) is 37.1 cm³/mol. The summed E-state index contributed by atoms with van der Waals surface area (Å²) in [7, 11) is 0. The summed E-state index contributed by atoms with van der Waals surface area (Å²) in [6, 6.07) is 0. The van der Waals surface area contributed by atoms with Gasteiger partial charge in [0.25, 0.3) is 6.29 Å². The quantitative estimate of drug-likeness (QED) is 0.450. The zero-order valence-corrected chi connectivity index (χ0v) is 6.32. The fraction of sp³-hybridized carbons (Fsp3) is 0.429. The van der Waals surface area contributed by atoms with E-state index in [9.17, 15) is 9.59 Å². The third kappa shape index (κ3) is 2.26. The van der Waals surface area contributed by atoms with E-state index in [1.807, 2.05) is 0 Å². The van der Waals surface area contributed by atoms with Gasteiger partial charge in [-0.3, -0.25) is 0 Å².